The van der Waals surface area contributed by atoms with Gasteiger partial charge in [0.1, 0.15) is 0 Å². The highest BCUT2D eigenvalue weighted by Crippen LogP contribution is 1.83. The third-order valence-corrected chi connectivity index (χ3v) is 1.37. The summed E-state index contributed by atoms with van der Waals surface area (Å²) < 4.78 is 4.41. The SMILES string of the molecule is COC(=O)CCNCCC(=O)ON. The lowest BCUT2D eigenvalue weighted by atomic mass is 10.4. The molecule has 0 aliphatic carbocycles. The monoisotopic (exact) mass is 190 g/mol. The quantitative estimate of drug-likeness (QED) is 0.315. The fourth-order valence-electron chi connectivity index (χ4n) is 0.667. The van der Waals surface area contributed by atoms with Gasteiger partial charge < -0.3 is 14.9 Å². The molecule has 6 nitrogen and oxygen atoms in total. The molecule has 0 spiro atoms. The van der Waals surface area contributed by atoms with Crippen molar-refractivity contribution in [3.05, 3.63) is 0 Å². The molecule has 0 saturated heterocycles. The van der Waals surface area contributed by atoms with Crippen molar-refractivity contribution >= 4 is 11.9 Å². The van der Waals surface area contributed by atoms with E-state index in [1.165, 1.54) is 7.11 Å². The van der Waals surface area contributed by atoms with Crippen LogP contribution in [0.3, 0.4) is 0 Å². The maximum atomic E-state index is 10.6. The molecule has 3 N–H and O–H groups in total. The van der Waals surface area contributed by atoms with Gasteiger partial charge >= 0.3 is 11.9 Å². The van der Waals surface area contributed by atoms with E-state index in [4.69, 9.17) is 0 Å². The lowest BCUT2D eigenvalue weighted by Gasteiger charge is -2.01. The molecular weight excluding hydrogens is 176 g/mol. The summed E-state index contributed by atoms with van der Waals surface area (Å²) in [6.07, 6.45) is 0.478. The number of nitrogens with one attached hydrogen (secondary N) is 1. The van der Waals surface area contributed by atoms with E-state index in [0.29, 0.717) is 13.1 Å². The molecule has 0 rings (SSSR count). The van der Waals surface area contributed by atoms with Crippen LogP contribution in [0.15, 0.2) is 0 Å². The first-order valence-corrected chi connectivity index (χ1v) is 3.87. The van der Waals surface area contributed by atoms with Crippen LogP contribution in [-0.4, -0.2) is 32.1 Å². The fourth-order valence-corrected chi connectivity index (χ4v) is 0.667. The van der Waals surface area contributed by atoms with Crippen molar-refractivity contribution < 1.29 is 19.2 Å². The number of carbonyl (C=O) groups excluding carboxylic acids is 2. The van der Waals surface area contributed by atoms with Crippen LogP contribution in [0, 0.1) is 0 Å². The number of rotatable bonds is 6. The maximum Gasteiger partial charge on any atom is 0.325 e. The summed E-state index contributed by atoms with van der Waals surface area (Å²) in [7, 11) is 1.33. The van der Waals surface area contributed by atoms with Gasteiger partial charge in [-0.15, -0.1) is 0 Å². The number of hydrogen-bond donors (Lipinski definition) is 2. The van der Waals surface area contributed by atoms with Crippen LogP contribution in [0.5, 0.6) is 0 Å². The van der Waals surface area contributed by atoms with Crippen LogP contribution in [0.4, 0.5) is 0 Å². The standard InChI is InChI=1S/C7H14N2O4/c1-12-6(10)2-4-9-5-3-7(11)13-8/h9H,2-5,8H2,1H3. The van der Waals surface area contributed by atoms with Gasteiger partial charge in [0.15, 0.2) is 0 Å². The van der Waals surface area contributed by atoms with Crippen molar-refractivity contribution in [2.45, 2.75) is 12.8 Å². The molecule has 0 aliphatic heterocycles. The fraction of sp³-hybridized carbons (Fsp3) is 0.714. The second-order valence-electron chi connectivity index (χ2n) is 2.32. The Balaban J connectivity index is 3.17. The van der Waals surface area contributed by atoms with Gasteiger partial charge in [0.2, 0.25) is 0 Å². The largest absolute Gasteiger partial charge is 0.469 e. The predicted molar refractivity (Wildman–Crippen MR) is 44.4 cm³/mol. The molecule has 0 aromatic heterocycles. The van der Waals surface area contributed by atoms with Gasteiger partial charge in [0.05, 0.1) is 20.0 Å². The Morgan fingerprint density at radius 3 is 2.23 bits per heavy atom. The van der Waals surface area contributed by atoms with Crippen molar-refractivity contribution in [2.24, 2.45) is 5.90 Å². The summed E-state index contributed by atoms with van der Waals surface area (Å²) in [5, 5.41) is 2.86. The minimum atomic E-state index is -0.481. The number of hydrogen-bond acceptors (Lipinski definition) is 6. The van der Waals surface area contributed by atoms with Gasteiger partial charge in [-0.3, -0.25) is 9.59 Å². The smallest absolute Gasteiger partial charge is 0.325 e. The Hall–Kier alpha value is -1.14. The van der Waals surface area contributed by atoms with E-state index in [-0.39, 0.29) is 18.8 Å². The second-order valence-corrected chi connectivity index (χ2v) is 2.32. The Morgan fingerprint density at radius 1 is 1.23 bits per heavy atom. The number of esters is 1. The summed E-state index contributed by atoms with van der Waals surface area (Å²) in [5.74, 6) is 3.84. The van der Waals surface area contributed by atoms with E-state index in [1.54, 1.807) is 0 Å². The molecule has 0 aromatic rings. The molecule has 0 heterocycles. The highest BCUT2D eigenvalue weighted by Gasteiger charge is 2.01. The van der Waals surface area contributed by atoms with E-state index in [1.807, 2.05) is 0 Å². The number of nitrogens with two attached hydrogens (primary N) is 1. The molecule has 0 fully saturated rings. The summed E-state index contributed by atoms with van der Waals surface area (Å²) >= 11 is 0. The molecule has 0 aromatic carbocycles. The number of methoxy groups -OCH3 is 1. The van der Waals surface area contributed by atoms with Crippen molar-refractivity contribution in [3.63, 3.8) is 0 Å². The minimum Gasteiger partial charge on any atom is -0.469 e. The van der Waals surface area contributed by atoms with Crippen molar-refractivity contribution in [1.29, 1.82) is 0 Å². The maximum absolute atomic E-state index is 10.6. The van der Waals surface area contributed by atoms with Crippen molar-refractivity contribution in [2.75, 3.05) is 20.2 Å². The molecular formula is C7H14N2O4. The Labute approximate surface area is 76.3 Å². The number of carbonyl (C=O) groups is 2. The molecule has 0 unspecified atom stereocenters. The molecule has 0 radical (unpaired) electrons. The molecule has 76 valence electrons. The van der Waals surface area contributed by atoms with Gasteiger partial charge in [-0.2, -0.15) is 5.90 Å². The minimum absolute atomic E-state index is 0.192. The van der Waals surface area contributed by atoms with E-state index >= 15 is 0 Å². The summed E-state index contributed by atoms with van der Waals surface area (Å²) in [6, 6.07) is 0. The topological polar surface area (TPSA) is 90.6 Å². The summed E-state index contributed by atoms with van der Waals surface area (Å²) in [6.45, 7) is 0.914. The second kappa shape index (κ2) is 7.51. The Morgan fingerprint density at radius 2 is 1.77 bits per heavy atom. The van der Waals surface area contributed by atoms with Gasteiger partial charge in [-0.25, -0.2) is 0 Å². The summed E-state index contributed by atoms with van der Waals surface area (Å²) in [5.41, 5.74) is 0. The van der Waals surface area contributed by atoms with Crippen LogP contribution >= 0.6 is 0 Å². The Bertz CT molecular complexity index is 154. The molecule has 0 aliphatic rings. The van der Waals surface area contributed by atoms with Gasteiger partial charge in [0, 0.05) is 13.1 Å². The lowest BCUT2D eigenvalue weighted by Crippen LogP contribution is -2.23. The first-order chi connectivity index (χ1) is 6.20. The highest BCUT2D eigenvalue weighted by atomic mass is 16.7. The normalized spacial score (nSPS) is 9.38. The molecule has 13 heavy (non-hydrogen) atoms. The van der Waals surface area contributed by atoms with Crippen molar-refractivity contribution in [3.8, 4) is 0 Å². The van der Waals surface area contributed by atoms with E-state index < -0.39 is 5.97 Å². The first kappa shape index (κ1) is 11.9. The zero-order valence-electron chi connectivity index (χ0n) is 7.54. The predicted octanol–water partition coefficient (Wildman–Crippen LogP) is -1.05. The van der Waals surface area contributed by atoms with Crippen LogP contribution in [0.25, 0.3) is 0 Å². The summed E-state index contributed by atoms with van der Waals surface area (Å²) in [4.78, 5) is 25.0. The van der Waals surface area contributed by atoms with E-state index in [2.05, 4.69) is 20.8 Å². The van der Waals surface area contributed by atoms with Crippen LogP contribution in [0.2, 0.25) is 0 Å². The van der Waals surface area contributed by atoms with Gasteiger partial charge in [-0.1, -0.05) is 0 Å². The van der Waals surface area contributed by atoms with Gasteiger partial charge in [-0.05, 0) is 0 Å². The van der Waals surface area contributed by atoms with E-state index in [0.717, 1.165) is 0 Å². The number of ether oxygens (including phenoxy) is 1. The molecule has 6 heteroatoms. The molecule has 0 saturated carbocycles. The molecule has 0 bridgehead atoms. The average molecular weight is 190 g/mol. The zero-order chi connectivity index (χ0) is 10.1. The van der Waals surface area contributed by atoms with Crippen molar-refractivity contribution in [1.82, 2.24) is 5.32 Å². The average Bonchev–Trinajstić information content (AvgIpc) is 2.16. The Kier molecular flexibility index (Phi) is 6.85. The third-order valence-electron chi connectivity index (χ3n) is 1.37. The molecule has 0 amide bonds. The van der Waals surface area contributed by atoms with Crippen LogP contribution in [-0.2, 0) is 19.2 Å². The van der Waals surface area contributed by atoms with Gasteiger partial charge in [0.25, 0.3) is 0 Å². The van der Waals surface area contributed by atoms with Crippen LogP contribution < -0.4 is 11.2 Å². The lowest BCUT2D eigenvalue weighted by molar-refractivity contribution is -0.144. The first-order valence-electron chi connectivity index (χ1n) is 3.87. The third kappa shape index (κ3) is 7.23. The van der Waals surface area contributed by atoms with E-state index in [9.17, 15) is 9.59 Å². The van der Waals surface area contributed by atoms with Crippen LogP contribution in [0.1, 0.15) is 12.8 Å². The molecule has 0 atom stereocenters. The highest BCUT2D eigenvalue weighted by molar-refractivity contribution is 5.69. The zero-order valence-corrected chi connectivity index (χ0v) is 7.54.